The first-order valence-corrected chi connectivity index (χ1v) is 8.60. The highest BCUT2D eigenvalue weighted by molar-refractivity contribution is 6.09. The van der Waals surface area contributed by atoms with Crippen molar-refractivity contribution in [2.75, 3.05) is 11.9 Å². The van der Waals surface area contributed by atoms with E-state index in [0.717, 1.165) is 5.56 Å². The molecule has 2 aromatic rings. The molecule has 4 nitrogen and oxygen atoms in total. The van der Waals surface area contributed by atoms with E-state index in [0.29, 0.717) is 18.0 Å². The van der Waals surface area contributed by atoms with Crippen molar-refractivity contribution in [3.63, 3.8) is 0 Å². The molecule has 2 aromatic carbocycles. The molecule has 26 heavy (non-hydrogen) atoms. The summed E-state index contributed by atoms with van der Waals surface area (Å²) in [6.45, 7) is 8.87. The first kappa shape index (κ1) is 19.3. The lowest BCUT2D eigenvalue weighted by molar-refractivity contribution is -0.112. The fraction of sp³-hybridized carbons (Fsp3) is 0.273. The highest BCUT2D eigenvalue weighted by Gasteiger charge is 2.13. The Morgan fingerprint density at radius 1 is 1.19 bits per heavy atom. The van der Waals surface area contributed by atoms with Crippen LogP contribution in [0.25, 0.3) is 6.08 Å². The number of nitrogens with zero attached hydrogens (tertiary/aromatic N) is 1. The largest absolute Gasteiger partial charge is 0.494 e. The molecular formula is C22H24N2O2. The van der Waals surface area contributed by atoms with Gasteiger partial charge in [0.15, 0.2) is 0 Å². The average molecular weight is 348 g/mol. The summed E-state index contributed by atoms with van der Waals surface area (Å²) in [4.78, 5) is 12.4. The summed E-state index contributed by atoms with van der Waals surface area (Å²) in [5.41, 5.74) is 2.71. The summed E-state index contributed by atoms with van der Waals surface area (Å²) in [5.74, 6) is 0.228. The summed E-state index contributed by atoms with van der Waals surface area (Å²) in [6, 6.07) is 16.9. The number of hydrogen-bond acceptors (Lipinski definition) is 3. The van der Waals surface area contributed by atoms with Crippen LogP contribution >= 0.6 is 0 Å². The van der Waals surface area contributed by atoms with E-state index in [2.05, 4.69) is 26.1 Å². The Kier molecular flexibility index (Phi) is 6.19. The zero-order valence-corrected chi connectivity index (χ0v) is 15.7. The predicted molar refractivity (Wildman–Crippen MR) is 105 cm³/mol. The number of carbonyl (C=O) groups is 1. The maximum absolute atomic E-state index is 12.4. The van der Waals surface area contributed by atoms with Gasteiger partial charge in [-0.05, 0) is 41.7 Å². The molecular weight excluding hydrogens is 324 g/mol. The third kappa shape index (κ3) is 5.22. The molecule has 0 spiro atoms. The van der Waals surface area contributed by atoms with Crippen LogP contribution in [0.4, 0.5) is 5.69 Å². The Balaban J connectivity index is 2.17. The van der Waals surface area contributed by atoms with Crippen LogP contribution in [0.5, 0.6) is 5.75 Å². The molecule has 1 N–H and O–H groups in total. The molecule has 0 saturated carbocycles. The lowest BCUT2D eigenvalue weighted by Crippen LogP contribution is -2.13. The third-order valence-electron chi connectivity index (χ3n) is 3.86. The van der Waals surface area contributed by atoms with Gasteiger partial charge >= 0.3 is 0 Å². The molecule has 1 amide bonds. The van der Waals surface area contributed by atoms with Gasteiger partial charge in [0.25, 0.3) is 5.91 Å². The van der Waals surface area contributed by atoms with Crippen LogP contribution in [0.3, 0.4) is 0 Å². The molecule has 134 valence electrons. The van der Waals surface area contributed by atoms with Gasteiger partial charge in [0.05, 0.1) is 6.61 Å². The molecule has 0 atom stereocenters. The number of amides is 1. The van der Waals surface area contributed by atoms with Crippen molar-refractivity contribution in [1.29, 1.82) is 5.26 Å². The molecule has 0 unspecified atom stereocenters. The Morgan fingerprint density at radius 3 is 2.46 bits per heavy atom. The smallest absolute Gasteiger partial charge is 0.266 e. The van der Waals surface area contributed by atoms with Crippen molar-refractivity contribution in [3.05, 3.63) is 65.2 Å². The van der Waals surface area contributed by atoms with Crippen LogP contribution in [0.15, 0.2) is 54.1 Å². The summed E-state index contributed by atoms with van der Waals surface area (Å²) >= 11 is 0. The Labute approximate surface area is 155 Å². The van der Waals surface area contributed by atoms with E-state index in [4.69, 9.17) is 4.74 Å². The minimum absolute atomic E-state index is 0.0512. The zero-order chi connectivity index (χ0) is 19.2. The lowest BCUT2D eigenvalue weighted by atomic mass is 9.86. The summed E-state index contributed by atoms with van der Waals surface area (Å²) in [5, 5.41) is 12.1. The molecule has 0 aliphatic heterocycles. The lowest BCUT2D eigenvalue weighted by Gasteiger charge is -2.18. The van der Waals surface area contributed by atoms with Crippen molar-refractivity contribution >= 4 is 17.7 Å². The van der Waals surface area contributed by atoms with Gasteiger partial charge in [0, 0.05) is 11.8 Å². The van der Waals surface area contributed by atoms with Crippen molar-refractivity contribution in [2.45, 2.75) is 33.1 Å². The first-order valence-electron chi connectivity index (χ1n) is 8.60. The van der Waals surface area contributed by atoms with Gasteiger partial charge < -0.3 is 10.1 Å². The summed E-state index contributed by atoms with van der Waals surface area (Å²) in [7, 11) is 0. The van der Waals surface area contributed by atoms with E-state index < -0.39 is 5.91 Å². The molecule has 0 aliphatic rings. The van der Waals surface area contributed by atoms with Gasteiger partial charge in [0.2, 0.25) is 0 Å². The molecule has 0 radical (unpaired) electrons. The van der Waals surface area contributed by atoms with Crippen LogP contribution in [0.1, 0.15) is 38.8 Å². The van der Waals surface area contributed by atoms with Gasteiger partial charge in [-0.15, -0.1) is 0 Å². The fourth-order valence-corrected chi connectivity index (χ4v) is 2.42. The van der Waals surface area contributed by atoms with E-state index >= 15 is 0 Å². The van der Waals surface area contributed by atoms with Gasteiger partial charge in [-0.1, -0.05) is 51.1 Å². The van der Waals surface area contributed by atoms with Crippen molar-refractivity contribution in [1.82, 2.24) is 0 Å². The van der Waals surface area contributed by atoms with Gasteiger partial charge in [0.1, 0.15) is 17.4 Å². The minimum atomic E-state index is -0.443. The average Bonchev–Trinajstić information content (AvgIpc) is 2.60. The van der Waals surface area contributed by atoms with Crippen LogP contribution < -0.4 is 10.1 Å². The summed E-state index contributed by atoms with van der Waals surface area (Å²) < 4.78 is 5.42. The molecule has 0 saturated heterocycles. The Hall–Kier alpha value is -3.06. The van der Waals surface area contributed by atoms with E-state index in [9.17, 15) is 10.1 Å². The number of ether oxygens (including phenoxy) is 1. The molecule has 0 heterocycles. The number of carbonyl (C=O) groups excluding carboxylic acids is 1. The molecule has 4 heteroatoms. The zero-order valence-electron chi connectivity index (χ0n) is 15.7. The maximum atomic E-state index is 12.4. The Bertz CT molecular complexity index is 838. The molecule has 0 bridgehead atoms. The topological polar surface area (TPSA) is 62.1 Å². The first-order chi connectivity index (χ1) is 12.3. The van der Waals surface area contributed by atoms with Crippen molar-refractivity contribution in [3.8, 4) is 11.8 Å². The maximum Gasteiger partial charge on any atom is 0.266 e. The van der Waals surface area contributed by atoms with E-state index in [1.807, 2.05) is 43.3 Å². The van der Waals surface area contributed by atoms with Crippen molar-refractivity contribution < 1.29 is 9.53 Å². The highest BCUT2D eigenvalue weighted by atomic mass is 16.5. The number of nitriles is 1. The van der Waals surface area contributed by atoms with Crippen LogP contribution in [0, 0.1) is 11.3 Å². The second-order valence-corrected chi connectivity index (χ2v) is 6.96. The van der Waals surface area contributed by atoms with Gasteiger partial charge in [-0.3, -0.25) is 4.79 Å². The van der Waals surface area contributed by atoms with E-state index in [1.165, 1.54) is 5.56 Å². The van der Waals surface area contributed by atoms with Crippen molar-refractivity contribution in [2.24, 2.45) is 0 Å². The fourth-order valence-electron chi connectivity index (χ4n) is 2.42. The monoisotopic (exact) mass is 348 g/mol. The Morgan fingerprint density at radius 2 is 1.88 bits per heavy atom. The molecule has 0 fully saturated rings. The van der Waals surface area contributed by atoms with Gasteiger partial charge in [-0.2, -0.15) is 5.26 Å². The van der Waals surface area contributed by atoms with E-state index in [1.54, 1.807) is 24.3 Å². The highest BCUT2D eigenvalue weighted by Crippen LogP contribution is 2.23. The third-order valence-corrected chi connectivity index (χ3v) is 3.86. The number of benzene rings is 2. The van der Waals surface area contributed by atoms with Crippen LogP contribution in [0.2, 0.25) is 0 Å². The normalized spacial score (nSPS) is 11.6. The number of anilines is 1. The summed E-state index contributed by atoms with van der Waals surface area (Å²) in [6.07, 6.45) is 1.59. The van der Waals surface area contributed by atoms with E-state index in [-0.39, 0.29) is 11.0 Å². The predicted octanol–water partition coefficient (Wildman–Crippen LogP) is 4.93. The van der Waals surface area contributed by atoms with Crippen LogP contribution in [-0.2, 0) is 10.2 Å². The molecule has 2 rings (SSSR count). The number of hydrogen-bond donors (Lipinski definition) is 1. The standard InChI is InChI=1S/C22H24N2O2/c1-5-26-20-8-6-7-19(14-20)24-21(25)17(15-23)13-16-9-11-18(12-10-16)22(2,3)4/h6-14H,5H2,1-4H3,(H,24,25)/b17-13-. The van der Waals surface area contributed by atoms with Gasteiger partial charge in [-0.25, -0.2) is 0 Å². The number of rotatable bonds is 5. The quantitative estimate of drug-likeness (QED) is 0.615. The SMILES string of the molecule is CCOc1cccc(NC(=O)/C(C#N)=C\c2ccc(C(C)(C)C)cc2)c1. The minimum Gasteiger partial charge on any atom is -0.494 e. The molecule has 0 aromatic heterocycles. The number of nitrogens with one attached hydrogen (secondary N) is 1. The second-order valence-electron chi connectivity index (χ2n) is 6.96. The molecule has 0 aliphatic carbocycles. The van der Waals surface area contributed by atoms with Crippen LogP contribution in [-0.4, -0.2) is 12.5 Å². The second kappa shape index (κ2) is 8.35.